The van der Waals surface area contributed by atoms with Crippen LogP contribution in [0.1, 0.15) is 8.30 Å². The highest BCUT2D eigenvalue weighted by Crippen LogP contribution is 2.24. The van der Waals surface area contributed by atoms with Gasteiger partial charge >= 0.3 is 0 Å². The molecule has 4 N–H and O–H groups in total. The molecular formula is C8H11NO2. The van der Waals surface area contributed by atoms with Crippen molar-refractivity contribution in [2.24, 2.45) is 5.72 Å². The fourth-order valence-corrected chi connectivity index (χ4v) is 0.770. The first kappa shape index (κ1) is 3.97. The molecule has 0 aromatic heterocycles. The molecule has 0 unspecified atom stereocenters. The number of hydrogen-bond donors (Lipinski definition) is 3. The zero-order valence-corrected chi connectivity index (χ0v) is 5.78. The molecule has 0 aliphatic rings. The minimum atomic E-state index is -2.14. The van der Waals surface area contributed by atoms with E-state index in [4.69, 9.17) is 15.8 Å². The Bertz CT molecular complexity index is 356. The van der Waals surface area contributed by atoms with Crippen LogP contribution >= 0.6 is 0 Å². The summed E-state index contributed by atoms with van der Waals surface area (Å²) in [6, 6.07) is 3.87. The second-order valence-corrected chi connectivity index (χ2v) is 2.16. The summed E-state index contributed by atoms with van der Waals surface area (Å²) >= 11 is 0. The Balaban J connectivity index is 2.86. The highest BCUT2D eigenvalue weighted by atomic mass is 16.3. The van der Waals surface area contributed by atoms with E-state index >= 15 is 0 Å². The molecule has 0 aliphatic carbocycles. The van der Waals surface area contributed by atoms with E-state index in [0.29, 0.717) is 5.56 Å². The standard InChI is InChI=1S/C8H11NO2/c9-4-3-6-1-2-7(10)8(11)5-6/h1-2,5,10-11H,3-4,9H2/i4D2/hD2. The second kappa shape index (κ2) is 3.25. The lowest BCUT2D eigenvalue weighted by Crippen LogP contribution is -2.02. The predicted octanol–water partition coefficient (Wildman–Crippen LogP) is 0.599. The lowest BCUT2D eigenvalue weighted by Gasteiger charge is -2.00. The van der Waals surface area contributed by atoms with E-state index in [2.05, 4.69) is 0 Å². The average molecular weight is 157 g/mol. The van der Waals surface area contributed by atoms with Gasteiger partial charge in [0.25, 0.3) is 0 Å². The summed E-state index contributed by atoms with van der Waals surface area (Å²) in [5.74, 6) is -0.627. The molecule has 60 valence electrons. The topological polar surface area (TPSA) is 66.5 Å². The number of hydrogen-bond acceptors (Lipinski definition) is 3. The van der Waals surface area contributed by atoms with Crippen LogP contribution in [-0.2, 0) is 6.42 Å². The molecule has 1 aromatic rings. The largest absolute Gasteiger partial charge is 0.504 e. The second-order valence-electron chi connectivity index (χ2n) is 2.16. The SMILES string of the molecule is [2H]N([2H])C([2H])([2H])Cc1ccc(O)c(O)c1. The zero-order valence-electron chi connectivity index (χ0n) is 9.78. The Morgan fingerprint density at radius 3 is 2.91 bits per heavy atom. The summed E-state index contributed by atoms with van der Waals surface area (Å²) in [5.41, 5.74) is 0.372. The van der Waals surface area contributed by atoms with Gasteiger partial charge in [-0.15, -0.1) is 0 Å². The van der Waals surface area contributed by atoms with E-state index in [9.17, 15) is 0 Å². The van der Waals surface area contributed by atoms with Crippen molar-refractivity contribution in [2.45, 2.75) is 6.42 Å². The lowest BCUT2D eigenvalue weighted by atomic mass is 10.1. The van der Waals surface area contributed by atoms with E-state index in [1.54, 1.807) is 0 Å². The molecule has 3 nitrogen and oxygen atoms in total. The molecule has 0 heterocycles. The number of phenolic OH excluding ortho intramolecular Hbond substituents is 2. The Morgan fingerprint density at radius 1 is 1.45 bits per heavy atom. The summed E-state index contributed by atoms with van der Waals surface area (Å²) in [7, 11) is 0. The van der Waals surface area contributed by atoms with Gasteiger partial charge in [-0.1, -0.05) is 6.07 Å². The van der Waals surface area contributed by atoms with Gasteiger partial charge in [0, 0.05) is 2.74 Å². The van der Waals surface area contributed by atoms with E-state index in [0.717, 1.165) is 0 Å². The van der Waals surface area contributed by atoms with Crippen molar-refractivity contribution < 1.29 is 15.8 Å². The maximum absolute atomic E-state index is 9.16. The van der Waals surface area contributed by atoms with Crippen molar-refractivity contribution in [1.29, 1.82) is 0 Å². The third-order valence-electron chi connectivity index (χ3n) is 1.32. The third kappa shape index (κ3) is 1.85. The molecule has 0 saturated heterocycles. The molecule has 1 aromatic carbocycles. The van der Waals surface area contributed by atoms with Crippen LogP contribution < -0.4 is 5.72 Å². The minimum absolute atomic E-state index is 0.0308. The molecule has 0 atom stereocenters. The number of nitrogens with two attached hydrogens (primary N) is 1. The molecule has 0 spiro atoms. The third-order valence-corrected chi connectivity index (χ3v) is 1.32. The van der Waals surface area contributed by atoms with Crippen LogP contribution in [0.25, 0.3) is 0 Å². The molecule has 0 radical (unpaired) electrons. The van der Waals surface area contributed by atoms with Crippen LogP contribution in [0.3, 0.4) is 0 Å². The average Bonchev–Trinajstić information content (AvgIpc) is 2.10. The normalized spacial score (nSPS) is 16.8. The monoisotopic (exact) mass is 157 g/mol. The van der Waals surface area contributed by atoms with Crippen molar-refractivity contribution in [3.05, 3.63) is 23.8 Å². The molecule has 11 heavy (non-hydrogen) atoms. The van der Waals surface area contributed by atoms with Crippen LogP contribution in [0, 0.1) is 0 Å². The zero-order chi connectivity index (χ0) is 11.6. The summed E-state index contributed by atoms with van der Waals surface area (Å²) in [4.78, 5) is 0. The molecule has 1 rings (SSSR count). The smallest absolute Gasteiger partial charge is 0.157 e. The fourth-order valence-electron chi connectivity index (χ4n) is 0.770. The molecule has 0 fully saturated rings. The Morgan fingerprint density at radius 2 is 2.27 bits per heavy atom. The summed E-state index contributed by atoms with van der Waals surface area (Å²) in [5, 5.41) is 18.2. The van der Waals surface area contributed by atoms with Gasteiger partial charge in [0.2, 0.25) is 0 Å². The number of aryl methyl sites for hydroxylation is 1. The van der Waals surface area contributed by atoms with Gasteiger partial charge in [-0.2, -0.15) is 0 Å². The van der Waals surface area contributed by atoms with Crippen molar-refractivity contribution >= 4 is 0 Å². The van der Waals surface area contributed by atoms with Crippen LogP contribution in [0.4, 0.5) is 0 Å². The van der Waals surface area contributed by atoms with Gasteiger partial charge in [-0.25, -0.2) is 0 Å². The molecule has 0 saturated carbocycles. The maximum atomic E-state index is 9.16. The van der Waals surface area contributed by atoms with Gasteiger partial charge in [0.1, 0.15) is 2.82 Å². The first-order valence-electron chi connectivity index (χ1n) is 5.01. The Labute approximate surface area is 70.8 Å². The van der Waals surface area contributed by atoms with Crippen LogP contribution in [0.5, 0.6) is 11.5 Å². The molecule has 3 heteroatoms. The minimum Gasteiger partial charge on any atom is -0.504 e. The quantitative estimate of drug-likeness (QED) is 0.563. The van der Waals surface area contributed by atoms with E-state index in [-0.39, 0.29) is 23.6 Å². The number of rotatable bonds is 3. The Kier molecular flexibility index (Phi) is 1.17. The molecular weight excluding hydrogens is 142 g/mol. The molecule has 0 bridgehead atoms. The highest BCUT2D eigenvalue weighted by Gasteiger charge is 1.98. The lowest BCUT2D eigenvalue weighted by molar-refractivity contribution is 0.403. The van der Waals surface area contributed by atoms with E-state index < -0.39 is 6.50 Å². The number of phenols is 2. The van der Waals surface area contributed by atoms with Crippen molar-refractivity contribution in [3.8, 4) is 11.5 Å². The summed E-state index contributed by atoms with van der Waals surface area (Å²) < 4.78 is 28.3. The molecule has 0 aliphatic heterocycles. The molecule has 0 amide bonds. The summed E-state index contributed by atoms with van der Waals surface area (Å²) in [6.07, 6.45) is -0.214. The summed E-state index contributed by atoms with van der Waals surface area (Å²) in [6.45, 7) is -2.14. The van der Waals surface area contributed by atoms with E-state index in [1.807, 2.05) is 0 Å². The highest BCUT2D eigenvalue weighted by molar-refractivity contribution is 5.40. The van der Waals surface area contributed by atoms with Crippen molar-refractivity contribution in [3.63, 3.8) is 0 Å². The van der Waals surface area contributed by atoms with Gasteiger partial charge in [-0.3, -0.25) is 0 Å². The van der Waals surface area contributed by atoms with Crippen LogP contribution in [-0.4, -0.2) is 16.7 Å². The van der Waals surface area contributed by atoms with Gasteiger partial charge in [-0.05, 0) is 30.6 Å². The fraction of sp³-hybridized carbons (Fsp3) is 0.250. The van der Waals surface area contributed by atoms with Gasteiger partial charge in [0.15, 0.2) is 11.5 Å². The maximum Gasteiger partial charge on any atom is 0.157 e. The predicted molar refractivity (Wildman–Crippen MR) is 42.5 cm³/mol. The number of benzene rings is 1. The van der Waals surface area contributed by atoms with E-state index in [1.165, 1.54) is 18.2 Å². The van der Waals surface area contributed by atoms with Gasteiger partial charge in [0.05, 0.1) is 0 Å². The van der Waals surface area contributed by atoms with Crippen LogP contribution in [0.2, 0.25) is 2.82 Å². The number of aromatic hydroxyl groups is 2. The van der Waals surface area contributed by atoms with Crippen LogP contribution in [0.15, 0.2) is 18.2 Å². The van der Waals surface area contributed by atoms with Crippen molar-refractivity contribution in [1.82, 2.24) is 0 Å². The first-order chi connectivity index (χ1) is 6.83. The first-order valence-corrected chi connectivity index (χ1v) is 3.12. The van der Waals surface area contributed by atoms with Crippen molar-refractivity contribution in [2.75, 3.05) is 6.50 Å². The Hall–Kier alpha value is -1.22. The van der Waals surface area contributed by atoms with Gasteiger partial charge < -0.3 is 15.9 Å².